The Balaban J connectivity index is 0.00000200. The fourth-order valence-electron chi connectivity index (χ4n) is 1.91. The van der Waals surface area contributed by atoms with E-state index in [1.807, 2.05) is 6.92 Å². The lowest BCUT2D eigenvalue weighted by Crippen LogP contribution is -2.48. The van der Waals surface area contributed by atoms with Gasteiger partial charge in [-0.25, -0.2) is 4.79 Å². The minimum absolute atomic E-state index is 0. The number of halogens is 1. The van der Waals surface area contributed by atoms with E-state index in [0.29, 0.717) is 17.3 Å². The number of nitrogens with two attached hydrogens (primary N) is 1. The molecule has 1 aromatic carbocycles. The van der Waals surface area contributed by atoms with Crippen LogP contribution in [0.2, 0.25) is 0 Å². The smallest absolute Gasteiger partial charge is 0.316 e. The van der Waals surface area contributed by atoms with Crippen LogP contribution in [0, 0.1) is 11.8 Å². The van der Waals surface area contributed by atoms with Crippen LogP contribution in [0.15, 0.2) is 24.3 Å². The molecule has 1 heterocycles. The van der Waals surface area contributed by atoms with Crippen molar-refractivity contribution < 1.29 is 9.59 Å². The van der Waals surface area contributed by atoms with Gasteiger partial charge in [-0.2, -0.15) is 0 Å². The van der Waals surface area contributed by atoms with Crippen molar-refractivity contribution in [1.82, 2.24) is 5.32 Å². The van der Waals surface area contributed by atoms with E-state index in [-0.39, 0.29) is 24.2 Å². The first-order valence-corrected chi connectivity index (χ1v) is 6.24. The number of anilines is 2. The predicted octanol–water partition coefficient (Wildman–Crippen LogP) is 1.39. The molecule has 110 valence electrons. The number of hydrogen-bond acceptors (Lipinski definition) is 3. The molecule has 0 radical (unpaired) electrons. The number of hydrogen-bond donors (Lipinski definition) is 4. The van der Waals surface area contributed by atoms with E-state index in [4.69, 9.17) is 5.73 Å². The molecule has 1 saturated heterocycles. The zero-order chi connectivity index (χ0) is 13.8. The first kappa shape index (κ1) is 16.3. The number of carbonyl (C=O) groups is 2. The molecule has 1 unspecified atom stereocenters. The third-order valence-electron chi connectivity index (χ3n) is 3.35. The molecule has 0 aromatic heterocycles. The van der Waals surface area contributed by atoms with E-state index in [9.17, 15) is 9.59 Å². The number of rotatable bonds is 4. The number of urea groups is 1. The summed E-state index contributed by atoms with van der Waals surface area (Å²) in [5.74, 6) is 0.419. The molecule has 0 bridgehead atoms. The zero-order valence-corrected chi connectivity index (χ0v) is 12.0. The molecule has 0 saturated carbocycles. The van der Waals surface area contributed by atoms with Gasteiger partial charge in [0.1, 0.15) is 0 Å². The lowest BCUT2D eigenvalue weighted by atomic mass is 9.88. The molecule has 0 aliphatic carbocycles. The normalized spacial score (nSPS) is 15.4. The number of benzene rings is 1. The van der Waals surface area contributed by atoms with Gasteiger partial charge in [-0.1, -0.05) is 6.92 Å². The highest BCUT2D eigenvalue weighted by molar-refractivity contribution is 5.93. The zero-order valence-electron chi connectivity index (χ0n) is 11.2. The van der Waals surface area contributed by atoms with E-state index < -0.39 is 6.03 Å². The van der Waals surface area contributed by atoms with Crippen LogP contribution in [0.3, 0.4) is 0 Å². The van der Waals surface area contributed by atoms with Crippen molar-refractivity contribution in [3.63, 3.8) is 0 Å². The van der Waals surface area contributed by atoms with Crippen LogP contribution >= 0.6 is 12.4 Å². The largest absolute Gasteiger partial charge is 0.351 e. The van der Waals surface area contributed by atoms with Crippen LogP contribution in [0.4, 0.5) is 16.2 Å². The maximum Gasteiger partial charge on any atom is 0.316 e. The van der Waals surface area contributed by atoms with Crippen molar-refractivity contribution in [2.45, 2.75) is 6.92 Å². The highest BCUT2D eigenvalue weighted by atomic mass is 35.5. The standard InChI is InChI=1S/C13H18N4O2.ClH/c1-8(9-6-15-7-9)12(18)16-10-2-4-11(5-3-10)17-13(14)19;/h2-5,8-9,15H,6-7H2,1H3,(H,16,18)(H3,14,17,19);1H. The third kappa shape index (κ3) is 4.11. The molecule has 1 aromatic rings. The Labute approximate surface area is 123 Å². The molecule has 1 aliphatic rings. The second-order valence-corrected chi connectivity index (χ2v) is 4.76. The fourth-order valence-corrected chi connectivity index (χ4v) is 1.91. The molecule has 20 heavy (non-hydrogen) atoms. The molecule has 7 heteroatoms. The van der Waals surface area contributed by atoms with E-state index in [1.54, 1.807) is 24.3 Å². The Kier molecular flexibility index (Phi) is 5.79. The second-order valence-electron chi connectivity index (χ2n) is 4.76. The van der Waals surface area contributed by atoms with Crippen molar-refractivity contribution in [1.29, 1.82) is 0 Å². The van der Waals surface area contributed by atoms with Gasteiger partial charge in [0.05, 0.1) is 0 Å². The van der Waals surface area contributed by atoms with Gasteiger partial charge in [0.2, 0.25) is 5.91 Å². The molecule has 1 atom stereocenters. The first-order chi connectivity index (χ1) is 9.06. The topological polar surface area (TPSA) is 96.2 Å². The second kappa shape index (κ2) is 7.12. The average molecular weight is 299 g/mol. The summed E-state index contributed by atoms with van der Waals surface area (Å²) in [5, 5.41) is 8.48. The van der Waals surface area contributed by atoms with Crippen LogP contribution in [0.5, 0.6) is 0 Å². The summed E-state index contributed by atoms with van der Waals surface area (Å²) in [6, 6.07) is 6.23. The molecule has 0 spiro atoms. The lowest BCUT2D eigenvalue weighted by Gasteiger charge is -2.31. The first-order valence-electron chi connectivity index (χ1n) is 6.24. The molecule has 1 fully saturated rings. The van der Waals surface area contributed by atoms with E-state index in [1.165, 1.54) is 0 Å². The molecular weight excluding hydrogens is 280 g/mol. The third-order valence-corrected chi connectivity index (χ3v) is 3.35. The Morgan fingerprint density at radius 2 is 1.70 bits per heavy atom. The molecular formula is C13H19ClN4O2. The van der Waals surface area contributed by atoms with E-state index in [2.05, 4.69) is 16.0 Å². The summed E-state index contributed by atoms with van der Waals surface area (Å²) in [4.78, 5) is 22.7. The number of carbonyl (C=O) groups excluding carboxylic acids is 2. The Hall–Kier alpha value is -1.79. The highest BCUT2D eigenvalue weighted by Crippen LogP contribution is 2.19. The van der Waals surface area contributed by atoms with E-state index in [0.717, 1.165) is 13.1 Å². The van der Waals surface area contributed by atoms with Crippen LogP contribution in [-0.4, -0.2) is 25.0 Å². The Morgan fingerprint density at radius 1 is 1.20 bits per heavy atom. The van der Waals surface area contributed by atoms with Crippen LogP contribution in [0.1, 0.15) is 6.92 Å². The number of primary amides is 1. The highest BCUT2D eigenvalue weighted by Gasteiger charge is 2.28. The van der Waals surface area contributed by atoms with Crippen molar-refractivity contribution in [3.05, 3.63) is 24.3 Å². The maximum absolute atomic E-state index is 12.0. The SMILES string of the molecule is CC(C(=O)Nc1ccc(NC(N)=O)cc1)C1CNC1.Cl. The van der Waals surface area contributed by atoms with Crippen molar-refractivity contribution in [3.8, 4) is 0 Å². The monoisotopic (exact) mass is 298 g/mol. The van der Waals surface area contributed by atoms with E-state index >= 15 is 0 Å². The summed E-state index contributed by atoms with van der Waals surface area (Å²) < 4.78 is 0. The van der Waals surface area contributed by atoms with Crippen LogP contribution < -0.4 is 21.7 Å². The Morgan fingerprint density at radius 3 is 2.10 bits per heavy atom. The summed E-state index contributed by atoms with van der Waals surface area (Å²) >= 11 is 0. The van der Waals surface area contributed by atoms with Gasteiger partial charge in [-0.3, -0.25) is 4.79 Å². The minimum atomic E-state index is -0.608. The van der Waals surface area contributed by atoms with Crippen LogP contribution in [0.25, 0.3) is 0 Å². The molecule has 2 rings (SSSR count). The molecule has 1 aliphatic heterocycles. The minimum Gasteiger partial charge on any atom is -0.351 e. The van der Waals surface area contributed by atoms with Crippen molar-refractivity contribution in [2.24, 2.45) is 17.6 Å². The summed E-state index contributed by atoms with van der Waals surface area (Å²) in [5.41, 5.74) is 6.32. The number of nitrogens with one attached hydrogen (secondary N) is 3. The van der Waals surface area contributed by atoms with Crippen molar-refractivity contribution >= 4 is 35.7 Å². The number of amides is 3. The summed E-state index contributed by atoms with van der Waals surface area (Å²) in [7, 11) is 0. The van der Waals surface area contributed by atoms with Gasteiger partial charge in [-0.05, 0) is 43.3 Å². The van der Waals surface area contributed by atoms with Gasteiger partial charge in [-0.15, -0.1) is 12.4 Å². The van der Waals surface area contributed by atoms with Gasteiger partial charge >= 0.3 is 6.03 Å². The molecule has 6 nitrogen and oxygen atoms in total. The van der Waals surface area contributed by atoms with Gasteiger partial charge in [0.15, 0.2) is 0 Å². The van der Waals surface area contributed by atoms with Crippen molar-refractivity contribution in [2.75, 3.05) is 23.7 Å². The predicted molar refractivity (Wildman–Crippen MR) is 81.0 cm³/mol. The van der Waals surface area contributed by atoms with Crippen LogP contribution in [-0.2, 0) is 4.79 Å². The fraction of sp³-hybridized carbons (Fsp3) is 0.385. The van der Waals surface area contributed by atoms with Gasteiger partial charge < -0.3 is 21.7 Å². The van der Waals surface area contributed by atoms with Gasteiger partial charge in [0, 0.05) is 17.3 Å². The molecule has 3 amide bonds. The quantitative estimate of drug-likeness (QED) is 0.676. The summed E-state index contributed by atoms with van der Waals surface area (Å²) in [6.45, 7) is 3.73. The maximum atomic E-state index is 12.0. The lowest BCUT2D eigenvalue weighted by molar-refractivity contribution is -0.121. The summed E-state index contributed by atoms with van der Waals surface area (Å²) in [6.07, 6.45) is 0. The average Bonchev–Trinajstić information content (AvgIpc) is 2.28. The molecule has 5 N–H and O–H groups in total. The Bertz CT molecular complexity index is 474. The van der Waals surface area contributed by atoms with Gasteiger partial charge in [0.25, 0.3) is 0 Å².